The van der Waals surface area contributed by atoms with Gasteiger partial charge in [-0.2, -0.15) is 21.1 Å². The number of aryl methyl sites for hydroxylation is 1. The van der Waals surface area contributed by atoms with Crippen LogP contribution in [0.2, 0.25) is 4.34 Å². The number of thioether (sulfide) groups is 1. The normalized spacial score (nSPS) is 19.4. The van der Waals surface area contributed by atoms with Gasteiger partial charge in [-0.1, -0.05) is 29.4 Å². The molecule has 3 aromatic rings. The molecule has 1 fully saturated rings. The van der Waals surface area contributed by atoms with Crippen molar-refractivity contribution in [2.75, 3.05) is 31.8 Å². The fourth-order valence-electron chi connectivity index (χ4n) is 4.25. The number of carbonyl (C=O) groups is 1. The molecule has 1 aromatic carbocycles. The molecule has 13 heteroatoms. The Morgan fingerprint density at radius 3 is 2.69 bits per heavy atom. The van der Waals surface area contributed by atoms with Gasteiger partial charge in [-0.3, -0.25) is 4.79 Å². The van der Waals surface area contributed by atoms with E-state index in [9.17, 15) is 13.2 Å². The fraction of sp³-hybridized carbons (Fsp3) is 0.455. The summed E-state index contributed by atoms with van der Waals surface area (Å²) in [5.74, 6) is 1.75. The maximum Gasteiger partial charge on any atom is 0.266 e. The lowest BCUT2D eigenvalue weighted by Crippen LogP contribution is -2.47. The number of sulfonamides is 1. The van der Waals surface area contributed by atoms with Crippen LogP contribution in [0.25, 0.3) is 10.2 Å². The first-order valence-electron chi connectivity index (χ1n) is 11.2. The monoisotopic (exact) mass is 573 g/mol. The van der Waals surface area contributed by atoms with Gasteiger partial charge in [0.2, 0.25) is 0 Å². The minimum atomic E-state index is -3.84. The van der Waals surface area contributed by atoms with Crippen LogP contribution in [0.5, 0.6) is 11.5 Å². The molecule has 0 radical (unpaired) electrons. The highest BCUT2D eigenvalue weighted by Crippen LogP contribution is 2.36. The van der Waals surface area contributed by atoms with Crippen LogP contribution in [0.4, 0.5) is 0 Å². The zero-order chi connectivity index (χ0) is 24.6. The van der Waals surface area contributed by atoms with Gasteiger partial charge in [0.15, 0.2) is 16.3 Å². The lowest BCUT2D eigenvalue weighted by Gasteiger charge is -2.31. The summed E-state index contributed by atoms with van der Waals surface area (Å²) in [4.78, 5) is 18.5. The van der Waals surface area contributed by atoms with E-state index in [4.69, 9.17) is 21.1 Å². The van der Waals surface area contributed by atoms with Gasteiger partial charge in [0.25, 0.3) is 15.9 Å². The SMILES string of the molecule is CSCCn1c(=NC(=O)C2CCCCN2S(=O)(=O)c2ccc(Cl)s2)sc2cc3c(cc21)OCCO3. The Labute approximate surface area is 220 Å². The number of rotatable bonds is 6. The molecule has 4 heterocycles. The van der Waals surface area contributed by atoms with Gasteiger partial charge in [-0.25, -0.2) is 8.42 Å². The lowest BCUT2D eigenvalue weighted by molar-refractivity contribution is -0.122. The number of carbonyl (C=O) groups excluding carboxylic acids is 1. The van der Waals surface area contributed by atoms with E-state index in [1.54, 1.807) is 17.8 Å². The molecule has 0 aliphatic carbocycles. The highest BCUT2D eigenvalue weighted by atomic mass is 35.5. The first-order valence-corrected chi connectivity index (χ1v) is 16.0. The van der Waals surface area contributed by atoms with Crippen LogP contribution >= 0.6 is 46.0 Å². The molecule has 0 bridgehead atoms. The van der Waals surface area contributed by atoms with E-state index in [2.05, 4.69) is 4.99 Å². The number of hydrogen-bond donors (Lipinski definition) is 0. The Bertz CT molecular complexity index is 1430. The third kappa shape index (κ3) is 5.01. The van der Waals surface area contributed by atoms with Crippen LogP contribution in [-0.2, 0) is 21.4 Å². The summed E-state index contributed by atoms with van der Waals surface area (Å²) in [6.45, 7) is 1.93. The smallest absolute Gasteiger partial charge is 0.266 e. The first kappa shape index (κ1) is 25.1. The second-order valence-corrected chi connectivity index (χ2v) is 14.0. The van der Waals surface area contributed by atoms with E-state index in [-0.39, 0.29) is 10.8 Å². The zero-order valence-electron chi connectivity index (χ0n) is 18.9. The van der Waals surface area contributed by atoms with Crippen molar-refractivity contribution in [3.8, 4) is 11.5 Å². The predicted molar refractivity (Wildman–Crippen MR) is 141 cm³/mol. The fourth-order valence-corrected chi connectivity index (χ4v) is 8.95. The number of amides is 1. The molecule has 35 heavy (non-hydrogen) atoms. The van der Waals surface area contributed by atoms with Crippen LogP contribution in [0.1, 0.15) is 19.3 Å². The van der Waals surface area contributed by atoms with E-state index < -0.39 is 22.0 Å². The van der Waals surface area contributed by atoms with Crippen LogP contribution in [0.15, 0.2) is 33.5 Å². The third-order valence-electron chi connectivity index (χ3n) is 5.92. The van der Waals surface area contributed by atoms with Crippen molar-refractivity contribution < 1.29 is 22.7 Å². The second kappa shape index (κ2) is 10.4. The second-order valence-electron chi connectivity index (χ2n) is 8.13. The summed E-state index contributed by atoms with van der Waals surface area (Å²) < 4.78 is 42.9. The van der Waals surface area contributed by atoms with Crippen molar-refractivity contribution in [1.82, 2.24) is 8.87 Å². The number of nitrogens with zero attached hydrogens (tertiary/aromatic N) is 3. The number of ether oxygens (including phenoxy) is 2. The zero-order valence-corrected chi connectivity index (χ0v) is 23.0. The summed E-state index contributed by atoms with van der Waals surface area (Å²) >= 11 is 10.1. The van der Waals surface area contributed by atoms with Crippen molar-refractivity contribution >= 4 is 72.2 Å². The summed E-state index contributed by atoms with van der Waals surface area (Å²) in [6, 6.07) is 6.06. The molecule has 8 nitrogen and oxygen atoms in total. The Hall–Kier alpha value is -1.57. The average Bonchev–Trinajstić information content (AvgIpc) is 3.44. The molecule has 1 amide bonds. The Morgan fingerprint density at radius 2 is 1.97 bits per heavy atom. The van der Waals surface area contributed by atoms with Gasteiger partial charge in [0, 0.05) is 31.0 Å². The maximum absolute atomic E-state index is 13.5. The minimum absolute atomic E-state index is 0.143. The number of thiazole rings is 1. The molecule has 2 aliphatic heterocycles. The van der Waals surface area contributed by atoms with Crippen molar-refractivity contribution in [1.29, 1.82) is 0 Å². The quantitative estimate of drug-likeness (QED) is 0.438. The molecule has 0 spiro atoms. The number of thiophene rings is 1. The molecule has 188 valence electrons. The minimum Gasteiger partial charge on any atom is -0.486 e. The number of aromatic nitrogens is 1. The van der Waals surface area contributed by atoms with Crippen molar-refractivity contribution in [2.24, 2.45) is 4.99 Å². The van der Waals surface area contributed by atoms with Gasteiger partial charge in [-0.15, -0.1) is 11.3 Å². The highest BCUT2D eigenvalue weighted by Gasteiger charge is 2.38. The van der Waals surface area contributed by atoms with E-state index in [0.29, 0.717) is 53.2 Å². The van der Waals surface area contributed by atoms with Crippen LogP contribution < -0.4 is 14.3 Å². The van der Waals surface area contributed by atoms with E-state index in [1.165, 1.54) is 21.7 Å². The summed E-state index contributed by atoms with van der Waals surface area (Å²) in [7, 11) is -3.84. The van der Waals surface area contributed by atoms with E-state index in [1.807, 2.05) is 23.0 Å². The largest absolute Gasteiger partial charge is 0.486 e. The molecule has 1 unspecified atom stereocenters. The summed E-state index contributed by atoms with van der Waals surface area (Å²) in [5, 5.41) is 0. The average molecular weight is 574 g/mol. The van der Waals surface area contributed by atoms with Gasteiger partial charge < -0.3 is 14.0 Å². The molecule has 0 N–H and O–H groups in total. The molecule has 0 saturated carbocycles. The molecule has 2 aliphatic rings. The topological polar surface area (TPSA) is 90.2 Å². The maximum atomic E-state index is 13.5. The van der Waals surface area contributed by atoms with Gasteiger partial charge in [0.05, 0.1) is 14.6 Å². The van der Waals surface area contributed by atoms with Crippen LogP contribution in [0.3, 0.4) is 0 Å². The molecule has 1 atom stereocenters. The van der Waals surface area contributed by atoms with Gasteiger partial charge in [0.1, 0.15) is 23.5 Å². The molecule has 5 rings (SSSR count). The number of hydrogen-bond acceptors (Lipinski definition) is 8. The highest BCUT2D eigenvalue weighted by molar-refractivity contribution is 7.98. The van der Waals surface area contributed by atoms with Crippen molar-refractivity contribution in [3.63, 3.8) is 0 Å². The summed E-state index contributed by atoms with van der Waals surface area (Å²) in [5.41, 5.74) is 0.918. The lowest BCUT2D eigenvalue weighted by atomic mass is 10.0. The molecule has 2 aromatic heterocycles. The standard InChI is InChI=1S/C22H24ClN3O5S4/c1-32-11-8-25-15-12-16-17(31-10-9-30-16)13-18(15)33-22(25)24-21(27)14-4-2-3-7-26(14)35(28,29)20-6-5-19(23)34-20/h5-6,12-14H,2-4,7-11H2,1H3. The van der Waals surface area contributed by atoms with Crippen LogP contribution in [0, 0.1) is 0 Å². The van der Waals surface area contributed by atoms with Crippen molar-refractivity contribution in [3.05, 3.63) is 33.4 Å². The number of benzene rings is 1. The summed E-state index contributed by atoms with van der Waals surface area (Å²) in [6.07, 6.45) is 3.93. The Kier molecular flexibility index (Phi) is 7.48. The van der Waals surface area contributed by atoms with Gasteiger partial charge >= 0.3 is 0 Å². The first-order chi connectivity index (χ1) is 16.9. The molecule has 1 saturated heterocycles. The van der Waals surface area contributed by atoms with Gasteiger partial charge in [-0.05, 0) is 31.2 Å². The third-order valence-corrected chi connectivity index (χ3v) is 11.2. The number of piperidine rings is 1. The van der Waals surface area contributed by atoms with Crippen LogP contribution in [-0.4, -0.2) is 61.0 Å². The molecular weight excluding hydrogens is 550 g/mol. The Morgan fingerprint density at radius 1 is 1.20 bits per heavy atom. The van der Waals surface area contributed by atoms with E-state index >= 15 is 0 Å². The van der Waals surface area contributed by atoms with Crippen molar-refractivity contribution in [2.45, 2.75) is 36.1 Å². The number of halogens is 1. The Balaban J connectivity index is 1.54. The van der Waals surface area contributed by atoms with E-state index in [0.717, 1.165) is 33.7 Å². The predicted octanol–water partition coefficient (Wildman–Crippen LogP) is 4.22. The molecular formula is C22H24ClN3O5S4. The number of fused-ring (bicyclic) bond motifs is 2.